The van der Waals surface area contributed by atoms with Gasteiger partial charge in [0.05, 0.1) is 5.56 Å². The molecule has 0 radical (unpaired) electrons. The lowest BCUT2D eigenvalue weighted by molar-refractivity contribution is 0.0981. The Kier molecular flexibility index (Phi) is 3.18. The number of aryl methyl sites for hydroxylation is 1. The number of para-hydroxylation sites is 1. The summed E-state index contributed by atoms with van der Waals surface area (Å²) in [7, 11) is 0. The van der Waals surface area contributed by atoms with Crippen LogP contribution in [0.3, 0.4) is 0 Å². The molecule has 0 aromatic heterocycles. The Morgan fingerprint density at radius 1 is 1.15 bits per heavy atom. The predicted octanol–water partition coefficient (Wildman–Crippen LogP) is 3.03. The van der Waals surface area contributed by atoms with Crippen LogP contribution in [0.15, 0.2) is 42.5 Å². The number of amides is 1. The second-order valence-corrected chi connectivity index (χ2v) is 5.07. The molecule has 0 saturated heterocycles. The van der Waals surface area contributed by atoms with Gasteiger partial charge in [-0.25, -0.2) is 0 Å². The molecule has 0 spiro atoms. The normalized spacial score (nSPS) is 14.2. The molecule has 0 fully saturated rings. The van der Waals surface area contributed by atoms with Crippen molar-refractivity contribution < 1.29 is 4.79 Å². The average Bonchev–Trinajstić information content (AvgIpc) is 2.48. The van der Waals surface area contributed by atoms with E-state index < -0.39 is 0 Å². The second kappa shape index (κ2) is 5.00. The Morgan fingerprint density at radius 2 is 1.95 bits per heavy atom. The number of nitrogens with zero attached hydrogens (tertiary/aromatic N) is 1. The molecule has 2 N–H and O–H groups in total. The molecule has 0 bridgehead atoms. The van der Waals surface area contributed by atoms with Gasteiger partial charge in [0.25, 0.3) is 5.91 Å². The Hall–Kier alpha value is -2.29. The molecule has 3 heteroatoms. The van der Waals surface area contributed by atoms with E-state index >= 15 is 0 Å². The van der Waals surface area contributed by atoms with Crippen LogP contribution in [0.1, 0.15) is 28.4 Å². The van der Waals surface area contributed by atoms with Crippen molar-refractivity contribution in [2.75, 3.05) is 17.2 Å². The zero-order valence-electron chi connectivity index (χ0n) is 11.6. The summed E-state index contributed by atoms with van der Waals surface area (Å²) in [4.78, 5) is 14.6. The predicted molar refractivity (Wildman–Crippen MR) is 82.1 cm³/mol. The molecule has 20 heavy (non-hydrogen) atoms. The molecule has 0 saturated carbocycles. The highest BCUT2D eigenvalue weighted by Gasteiger charge is 2.28. The largest absolute Gasteiger partial charge is 0.398 e. The molecule has 3 nitrogen and oxygen atoms in total. The van der Waals surface area contributed by atoms with Gasteiger partial charge in [-0.3, -0.25) is 4.79 Å². The minimum atomic E-state index is 0.0188. The third kappa shape index (κ3) is 1.95. The molecule has 1 heterocycles. The first-order valence-electron chi connectivity index (χ1n) is 6.99. The molecule has 2 aromatic rings. The first-order valence-corrected chi connectivity index (χ1v) is 6.99. The maximum Gasteiger partial charge on any atom is 0.260 e. The van der Waals surface area contributed by atoms with Gasteiger partial charge in [-0.1, -0.05) is 37.3 Å². The van der Waals surface area contributed by atoms with Crippen molar-refractivity contribution in [1.82, 2.24) is 0 Å². The smallest absolute Gasteiger partial charge is 0.260 e. The standard InChI is InChI=1S/C17H18N2O/c1-2-12-6-3-4-9-15(12)19-11-10-13-7-5-8-14(18)16(13)17(19)20/h3-9H,2,10-11,18H2,1H3. The molecule has 102 valence electrons. The van der Waals surface area contributed by atoms with Gasteiger partial charge in [-0.05, 0) is 36.1 Å². The van der Waals surface area contributed by atoms with Crippen molar-refractivity contribution in [3.05, 3.63) is 59.2 Å². The summed E-state index contributed by atoms with van der Waals surface area (Å²) >= 11 is 0. The van der Waals surface area contributed by atoms with E-state index in [2.05, 4.69) is 13.0 Å². The van der Waals surface area contributed by atoms with E-state index in [0.717, 1.165) is 24.1 Å². The summed E-state index contributed by atoms with van der Waals surface area (Å²) in [5.74, 6) is 0.0188. The quantitative estimate of drug-likeness (QED) is 0.849. The number of anilines is 2. The van der Waals surface area contributed by atoms with Gasteiger partial charge in [-0.2, -0.15) is 0 Å². The van der Waals surface area contributed by atoms with Crippen LogP contribution in [0.4, 0.5) is 11.4 Å². The number of benzene rings is 2. The fraction of sp³-hybridized carbons (Fsp3) is 0.235. The topological polar surface area (TPSA) is 46.3 Å². The van der Waals surface area contributed by atoms with Crippen molar-refractivity contribution in [3.63, 3.8) is 0 Å². The lowest BCUT2D eigenvalue weighted by atomic mass is 9.96. The fourth-order valence-electron chi connectivity index (χ4n) is 2.86. The van der Waals surface area contributed by atoms with Crippen LogP contribution in [-0.2, 0) is 12.8 Å². The van der Waals surface area contributed by atoms with E-state index in [-0.39, 0.29) is 5.91 Å². The van der Waals surface area contributed by atoms with Crippen LogP contribution in [0.2, 0.25) is 0 Å². The molecule has 1 amide bonds. The van der Waals surface area contributed by atoms with Gasteiger partial charge < -0.3 is 10.6 Å². The van der Waals surface area contributed by atoms with E-state index in [1.54, 1.807) is 6.07 Å². The van der Waals surface area contributed by atoms with Gasteiger partial charge in [0, 0.05) is 17.9 Å². The molecule has 0 unspecified atom stereocenters. The summed E-state index contributed by atoms with van der Waals surface area (Å²) < 4.78 is 0. The number of hydrogen-bond donors (Lipinski definition) is 1. The van der Waals surface area contributed by atoms with E-state index in [1.165, 1.54) is 5.56 Å². The molecule has 1 aliphatic rings. The summed E-state index contributed by atoms with van der Waals surface area (Å²) in [6, 6.07) is 13.8. The maximum absolute atomic E-state index is 12.8. The van der Waals surface area contributed by atoms with Crippen LogP contribution >= 0.6 is 0 Å². The van der Waals surface area contributed by atoms with Crippen LogP contribution in [0.5, 0.6) is 0 Å². The number of fused-ring (bicyclic) bond motifs is 1. The lowest BCUT2D eigenvalue weighted by Crippen LogP contribution is -2.38. The summed E-state index contributed by atoms with van der Waals surface area (Å²) in [6.45, 7) is 2.82. The van der Waals surface area contributed by atoms with E-state index in [4.69, 9.17) is 5.73 Å². The molecule has 3 rings (SSSR count). The van der Waals surface area contributed by atoms with Crippen LogP contribution in [0, 0.1) is 0 Å². The van der Waals surface area contributed by atoms with Gasteiger partial charge in [0.1, 0.15) is 0 Å². The van der Waals surface area contributed by atoms with E-state index in [9.17, 15) is 4.79 Å². The van der Waals surface area contributed by atoms with Crippen molar-refractivity contribution >= 4 is 17.3 Å². The van der Waals surface area contributed by atoms with Crippen molar-refractivity contribution in [3.8, 4) is 0 Å². The molecule has 0 aliphatic carbocycles. The third-order valence-electron chi connectivity index (χ3n) is 3.91. The summed E-state index contributed by atoms with van der Waals surface area (Å²) in [5, 5.41) is 0. The zero-order chi connectivity index (χ0) is 14.1. The minimum absolute atomic E-state index is 0.0188. The monoisotopic (exact) mass is 266 g/mol. The van der Waals surface area contributed by atoms with Gasteiger partial charge in [-0.15, -0.1) is 0 Å². The fourth-order valence-corrected chi connectivity index (χ4v) is 2.86. The van der Waals surface area contributed by atoms with Crippen molar-refractivity contribution in [1.29, 1.82) is 0 Å². The van der Waals surface area contributed by atoms with Crippen LogP contribution in [-0.4, -0.2) is 12.5 Å². The highest BCUT2D eigenvalue weighted by molar-refractivity contribution is 6.11. The minimum Gasteiger partial charge on any atom is -0.398 e. The van der Waals surface area contributed by atoms with Crippen LogP contribution < -0.4 is 10.6 Å². The average molecular weight is 266 g/mol. The van der Waals surface area contributed by atoms with Gasteiger partial charge in [0.2, 0.25) is 0 Å². The Bertz CT molecular complexity index is 664. The van der Waals surface area contributed by atoms with Crippen molar-refractivity contribution in [2.45, 2.75) is 19.8 Å². The van der Waals surface area contributed by atoms with Crippen molar-refractivity contribution in [2.24, 2.45) is 0 Å². The van der Waals surface area contributed by atoms with Crippen LogP contribution in [0.25, 0.3) is 0 Å². The number of rotatable bonds is 2. The number of carbonyl (C=O) groups excluding carboxylic acids is 1. The number of carbonyl (C=O) groups is 1. The third-order valence-corrected chi connectivity index (χ3v) is 3.91. The Balaban J connectivity index is 2.06. The first kappa shape index (κ1) is 12.7. The molecule has 1 aliphatic heterocycles. The van der Waals surface area contributed by atoms with Gasteiger partial charge >= 0.3 is 0 Å². The molecular weight excluding hydrogens is 248 g/mol. The summed E-state index contributed by atoms with van der Waals surface area (Å²) in [5.41, 5.74) is 10.5. The molecule has 2 aromatic carbocycles. The zero-order valence-corrected chi connectivity index (χ0v) is 11.6. The SMILES string of the molecule is CCc1ccccc1N1CCc2cccc(N)c2C1=O. The molecule has 0 atom stereocenters. The second-order valence-electron chi connectivity index (χ2n) is 5.07. The lowest BCUT2D eigenvalue weighted by Gasteiger charge is -2.30. The highest BCUT2D eigenvalue weighted by Crippen LogP contribution is 2.30. The Labute approximate surface area is 119 Å². The van der Waals surface area contributed by atoms with E-state index in [0.29, 0.717) is 17.8 Å². The maximum atomic E-state index is 12.8. The Morgan fingerprint density at radius 3 is 2.75 bits per heavy atom. The molecular formula is C17H18N2O. The highest BCUT2D eigenvalue weighted by atomic mass is 16.2. The van der Waals surface area contributed by atoms with E-state index in [1.807, 2.05) is 35.2 Å². The van der Waals surface area contributed by atoms with Gasteiger partial charge in [0.15, 0.2) is 0 Å². The summed E-state index contributed by atoms with van der Waals surface area (Å²) in [6.07, 6.45) is 1.77. The number of nitrogens with two attached hydrogens (primary N) is 1. The number of hydrogen-bond acceptors (Lipinski definition) is 2. The first-order chi connectivity index (χ1) is 9.72. The number of nitrogen functional groups attached to an aromatic ring is 1.